The van der Waals surface area contributed by atoms with Gasteiger partial charge in [0.1, 0.15) is 11.5 Å². The molecular formula is C16H18O3PS-. The van der Waals surface area contributed by atoms with Gasteiger partial charge in [-0.3, -0.25) is 0 Å². The Hall–Kier alpha value is -1.35. The lowest BCUT2D eigenvalue weighted by Crippen LogP contribution is -2.14. The number of hydrogen-bond donors (Lipinski definition) is 0. The van der Waals surface area contributed by atoms with Crippen LogP contribution < -0.4 is 13.9 Å². The van der Waals surface area contributed by atoms with Gasteiger partial charge < -0.3 is 13.9 Å². The van der Waals surface area contributed by atoms with Crippen molar-refractivity contribution in [1.29, 1.82) is 0 Å². The summed E-state index contributed by atoms with van der Waals surface area (Å²) in [6.07, 6.45) is 0. The van der Waals surface area contributed by atoms with E-state index in [-0.39, 0.29) is 0 Å². The van der Waals surface area contributed by atoms with E-state index in [4.69, 9.17) is 20.9 Å². The van der Waals surface area contributed by atoms with Gasteiger partial charge in [-0.25, -0.2) is 0 Å². The monoisotopic (exact) mass is 321 g/mol. The van der Waals surface area contributed by atoms with E-state index >= 15 is 0 Å². The Balaban J connectivity index is 2.29. The zero-order valence-corrected chi connectivity index (χ0v) is 14.3. The molecule has 0 aliphatic heterocycles. The molecule has 2 aromatic carbocycles. The molecule has 0 aliphatic carbocycles. The Labute approximate surface area is 130 Å². The summed E-state index contributed by atoms with van der Waals surface area (Å²) < 4.78 is 11.1. The summed E-state index contributed by atoms with van der Waals surface area (Å²) in [4.78, 5) is 12.5. The predicted octanol–water partition coefficient (Wildman–Crippen LogP) is 3.96. The van der Waals surface area contributed by atoms with Gasteiger partial charge in [-0.2, -0.15) is 0 Å². The second-order valence-corrected chi connectivity index (χ2v) is 7.67. The van der Waals surface area contributed by atoms with Gasteiger partial charge in [0, 0.05) is 0 Å². The highest BCUT2D eigenvalue weighted by Crippen LogP contribution is 2.44. The van der Waals surface area contributed by atoms with Crippen LogP contribution in [0.2, 0.25) is 0 Å². The van der Waals surface area contributed by atoms with Gasteiger partial charge in [-0.05, 0) is 61.8 Å². The van der Waals surface area contributed by atoms with Crippen molar-refractivity contribution in [2.45, 2.75) is 27.7 Å². The van der Waals surface area contributed by atoms with E-state index < -0.39 is 6.72 Å². The van der Waals surface area contributed by atoms with Gasteiger partial charge in [0.15, 0.2) is 0 Å². The predicted molar refractivity (Wildman–Crippen MR) is 87.4 cm³/mol. The van der Waals surface area contributed by atoms with Crippen LogP contribution in [0.15, 0.2) is 36.4 Å². The number of aryl methyl sites for hydroxylation is 4. The molecule has 21 heavy (non-hydrogen) atoms. The molecule has 0 heterocycles. The van der Waals surface area contributed by atoms with Gasteiger partial charge in [-0.15, -0.1) is 0 Å². The maximum atomic E-state index is 12.5. The van der Waals surface area contributed by atoms with Gasteiger partial charge in [0.25, 0.3) is 0 Å². The summed E-state index contributed by atoms with van der Waals surface area (Å²) in [7, 11) is 0. The molecule has 0 spiro atoms. The van der Waals surface area contributed by atoms with Crippen LogP contribution in [0.3, 0.4) is 0 Å². The first-order valence-corrected chi connectivity index (χ1v) is 9.18. The Kier molecular flexibility index (Phi) is 4.72. The van der Waals surface area contributed by atoms with Crippen LogP contribution in [0, 0.1) is 27.7 Å². The lowest BCUT2D eigenvalue weighted by atomic mass is 10.1. The molecule has 0 radical (unpaired) electrons. The van der Waals surface area contributed by atoms with Crippen molar-refractivity contribution in [3.8, 4) is 11.5 Å². The second-order valence-electron chi connectivity index (χ2n) is 5.07. The third kappa shape index (κ3) is 3.85. The fourth-order valence-corrected chi connectivity index (χ4v) is 3.64. The van der Waals surface area contributed by atoms with Gasteiger partial charge >= 0.3 is 0 Å². The van der Waals surface area contributed by atoms with Gasteiger partial charge in [-0.1, -0.05) is 36.4 Å². The number of benzene rings is 2. The maximum Gasteiger partial charge on any atom is 0.221 e. The zero-order chi connectivity index (χ0) is 15.6. The van der Waals surface area contributed by atoms with Crippen LogP contribution in [0.1, 0.15) is 22.3 Å². The van der Waals surface area contributed by atoms with Crippen molar-refractivity contribution in [2.24, 2.45) is 0 Å². The number of hydrogen-bond acceptors (Lipinski definition) is 4. The van der Waals surface area contributed by atoms with Crippen LogP contribution in [0.4, 0.5) is 0 Å². The van der Waals surface area contributed by atoms with E-state index in [1.807, 2.05) is 64.1 Å². The molecule has 0 amide bonds. The van der Waals surface area contributed by atoms with Crippen molar-refractivity contribution in [3.63, 3.8) is 0 Å². The second kappa shape index (κ2) is 6.18. The van der Waals surface area contributed by atoms with Crippen molar-refractivity contribution in [1.82, 2.24) is 0 Å². The first-order chi connectivity index (χ1) is 9.80. The van der Waals surface area contributed by atoms with Gasteiger partial charge in [0.2, 0.25) is 6.72 Å². The van der Waals surface area contributed by atoms with Crippen LogP contribution in [-0.2, 0) is 11.8 Å². The molecule has 0 aliphatic rings. The largest absolute Gasteiger partial charge is 0.760 e. The molecule has 3 nitrogen and oxygen atoms in total. The molecule has 2 rings (SSSR count). The average Bonchev–Trinajstić information content (AvgIpc) is 2.39. The minimum atomic E-state index is -3.66. The standard InChI is InChI=1S/C16H19O3PS/c1-11-7-5-8-12(2)15(11)18-20(17,21)19-16-13(3)9-6-10-14(16)4/h5-10H,1-4H3,(H,17,21)/p-1. The fraction of sp³-hybridized carbons (Fsp3) is 0.250. The lowest BCUT2D eigenvalue weighted by Gasteiger charge is -2.30. The normalized spacial score (nSPS) is 11.3. The first kappa shape index (κ1) is 16.0. The number of rotatable bonds is 4. The lowest BCUT2D eigenvalue weighted by molar-refractivity contribution is -0.191. The van der Waals surface area contributed by atoms with E-state index in [1.165, 1.54) is 0 Å². The van der Waals surface area contributed by atoms with Crippen molar-refractivity contribution in [2.75, 3.05) is 0 Å². The molecule has 0 fully saturated rings. The smallest absolute Gasteiger partial charge is 0.221 e. The molecule has 0 aromatic heterocycles. The molecule has 0 unspecified atom stereocenters. The molecule has 0 saturated carbocycles. The maximum absolute atomic E-state index is 12.5. The molecule has 0 atom stereocenters. The van der Waals surface area contributed by atoms with Gasteiger partial charge in [0.05, 0.1) is 0 Å². The summed E-state index contributed by atoms with van der Waals surface area (Å²) in [6, 6.07) is 11.4. The minimum absolute atomic E-state index is 0.530. The summed E-state index contributed by atoms with van der Waals surface area (Å²) in [6.45, 7) is 3.88. The molecular weight excluding hydrogens is 303 g/mol. The summed E-state index contributed by atoms with van der Waals surface area (Å²) >= 11 is 5.06. The topological polar surface area (TPSA) is 41.5 Å². The third-order valence-electron chi connectivity index (χ3n) is 3.22. The van der Waals surface area contributed by atoms with E-state index in [2.05, 4.69) is 0 Å². The van der Waals surface area contributed by atoms with Crippen LogP contribution >= 0.6 is 6.72 Å². The van der Waals surface area contributed by atoms with Crippen molar-refractivity contribution in [3.05, 3.63) is 58.7 Å². The minimum Gasteiger partial charge on any atom is -0.760 e. The molecule has 0 N–H and O–H groups in total. The zero-order valence-electron chi connectivity index (χ0n) is 12.5. The third-order valence-corrected chi connectivity index (χ3v) is 4.48. The van der Waals surface area contributed by atoms with Crippen LogP contribution in [-0.4, -0.2) is 0 Å². The first-order valence-electron chi connectivity index (χ1n) is 6.63. The Morgan fingerprint density at radius 2 is 1.05 bits per heavy atom. The van der Waals surface area contributed by atoms with Crippen molar-refractivity contribution < 1.29 is 13.9 Å². The summed E-state index contributed by atoms with van der Waals surface area (Å²) in [5.74, 6) is 1.06. The van der Waals surface area contributed by atoms with Crippen LogP contribution in [0.25, 0.3) is 0 Å². The molecule has 112 valence electrons. The highest BCUT2D eigenvalue weighted by atomic mass is 32.5. The SMILES string of the molecule is Cc1cccc(C)c1OP([O-])(=S)Oc1c(C)cccc1C. The summed E-state index contributed by atoms with van der Waals surface area (Å²) in [5, 5.41) is 0. The Morgan fingerprint density at radius 3 is 1.33 bits per heavy atom. The van der Waals surface area contributed by atoms with E-state index in [1.54, 1.807) is 0 Å². The fourth-order valence-electron chi connectivity index (χ4n) is 2.13. The Morgan fingerprint density at radius 1 is 0.762 bits per heavy atom. The number of para-hydroxylation sites is 2. The highest BCUT2D eigenvalue weighted by Gasteiger charge is 2.14. The average molecular weight is 321 g/mol. The van der Waals surface area contributed by atoms with E-state index in [0.717, 1.165) is 22.3 Å². The highest BCUT2D eigenvalue weighted by molar-refractivity contribution is 8.06. The Bertz CT molecular complexity index is 615. The molecule has 0 bridgehead atoms. The molecule has 0 saturated heterocycles. The molecule has 2 aromatic rings. The van der Waals surface area contributed by atoms with Crippen LogP contribution in [0.5, 0.6) is 11.5 Å². The van der Waals surface area contributed by atoms with E-state index in [0.29, 0.717) is 11.5 Å². The molecule has 5 heteroatoms. The van der Waals surface area contributed by atoms with E-state index in [9.17, 15) is 4.89 Å². The van der Waals surface area contributed by atoms with Crippen molar-refractivity contribution >= 4 is 18.5 Å². The quantitative estimate of drug-likeness (QED) is 0.799. The summed E-state index contributed by atoms with van der Waals surface area (Å²) in [5.41, 5.74) is 3.52.